The maximum absolute atomic E-state index is 12.9. The molecular formula is C17H20BrNO4. The highest BCUT2D eigenvalue weighted by Gasteiger charge is 2.28. The molecule has 1 N–H and O–H groups in total. The number of piperidine rings is 1. The van der Waals surface area contributed by atoms with Crippen molar-refractivity contribution in [1.82, 2.24) is 4.90 Å². The third kappa shape index (κ3) is 3.23. The number of fused-ring (bicyclic) bond motifs is 1. The zero-order chi connectivity index (χ0) is 16.4. The Morgan fingerprint density at radius 3 is 3.00 bits per heavy atom. The van der Waals surface area contributed by atoms with Crippen LogP contribution in [0.1, 0.15) is 36.0 Å². The molecule has 124 valence electrons. The molecule has 1 aromatic heterocycles. The second kappa shape index (κ2) is 6.93. The molecule has 5 nitrogen and oxygen atoms in total. The summed E-state index contributed by atoms with van der Waals surface area (Å²) in [6.45, 7) is 0.827. The molecule has 1 aliphatic heterocycles. The van der Waals surface area contributed by atoms with Crippen molar-refractivity contribution in [3.05, 3.63) is 28.4 Å². The van der Waals surface area contributed by atoms with E-state index in [0.717, 1.165) is 31.2 Å². The first-order valence-corrected chi connectivity index (χ1v) is 8.62. The number of aliphatic hydroxyl groups is 1. The molecule has 0 saturated carbocycles. The Hall–Kier alpha value is -1.53. The van der Waals surface area contributed by atoms with Crippen LogP contribution in [0, 0.1) is 0 Å². The van der Waals surface area contributed by atoms with Gasteiger partial charge in [0.25, 0.3) is 5.91 Å². The number of carbonyl (C=O) groups excluding carboxylic acids is 1. The largest absolute Gasteiger partial charge is 0.496 e. The highest BCUT2D eigenvalue weighted by molar-refractivity contribution is 9.10. The number of furan rings is 1. The first kappa shape index (κ1) is 16.3. The van der Waals surface area contributed by atoms with Crippen molar-refractivity contribution in [2.45, 2.75) is 31.7 Å². The number of likely N-dealkylation sites (tertiary alicyclic amines) is 1. The van der Waals surface area contributed by atoms with Crippen molar-refractivity contribution in [1.29, 1.82) is 0 Å². The monoisotopic (exact) mass is 381 g/mol. The first-order chi connectivity index (χ1) is 11.1. The van der Waals surface area contributed by atoms with E-state index in [1.807, 2.05) is 11.0 Å². The molecule has 1 aromatic carbocycles. The molecule has 0 radical (unpaired) electrons. The van der Waals surface area contributed by atoms with Crippen molar-refractivity contribution < 1.29 is 19.1 Å². The minimum absolute atomic E-state index is 0.0316. The van der Waals surface area contributed by atoms with Gasteiger partial charge in [0.15, 0.2) is 4.67 Å². The molecule has 23 heavy (non-hydrogen) atoms. The standard InChI is InChI=1S/C17H20BrNO4/c1-22-14-8-11(9-15-13(14)10-16(18)23-15)17(21)19-6-3-2-4-12(19)5-7-20/h8-10,12,20H,2-7H2,1H3. The number of nitrogens with zero attached hydrogens (tertiary/aromatic N) is 1. The number of ether oxygens (including phenoxy) is 1. The summed E-state index contributed by atoms with van der Waals surface area (Å²) in [6.07, 6.45) is 3.66. The molecule has 6 heteroatoms. The van der Waals surface area contributed by atoms with E-state index in [0.29, 0.717) is 28.0 Å². The molecule has 0 spiro atoms. The van der Waals surface area contributed by atoms with Gasteiger partial charge in [-0.3, -0.25) is 4.79 Å². The topological polar surface area (TPSA) is 62.9 Å². The van der Waals surface area contributed by atoms with Crippen LogP contribution < -0.4 is 4.74 Å². The number of carbonyl (C=O) groups is 1. The summed E-state index contributed by atoms with van der Waals surface area (Å²) < 4.78 is 11.6. The van der Waals surface area contributed by atoms with E-state index >= 15 is 0 Å². The van der Waals surface area contributed by atoms with E-state index in [-0.39, 0.29) is 18.6 Å². The number of amides is 1. The number of benzene rings is 1. The molecule has 2 aromatic rings. The number of methoxy groups -OCH3 is 1. The van der Waals surface area contributed by atoms with Crippen LogP contribution in [0.5, 0.6) is 5.75 Å². The Kier molecular flexibility index (Phi) is 4.92. The van der Waals surface area contributed by atoms with Gasteiger partial charge in [0.1, 0.15) is 11.3 Å². The average molecular weight is 382 g/mol. The lowest BCUT2D eigenvalue weighted by Gasteiger charge is -2.35. The van der Waals surface area contributed by atoms with Gasteiger partial charge in [0.05, 0.1) is 12.5 Å². The van der Waals surface area contributed by atoms with Crippen LogP contribution in [0.4, 0.5) is 0 Å². The predicted molar refractivity (Wildman–Crippen MR) is 90.8 cm³/mol. The summed E-state index contributed by atoms with van der Waals surface area (Å²) in [5.74, 6) is 0.590. The molecule has 1 fully saturated rings. The molecular weight excluding hydrogens is 362 g/mol. The molecule has 1 unspecified atom stereocenters. The minimum Gasteiger partial charge on any atom is -0.496 e. The smallest absolute Gasteiger partial charge is 0.254 e. The van der Waals surface area contributed by atoms with E-state index in [9.17, 15) is 9.90 Å². The van der Waals surface area contributed by atoms with E-state index in [1.165, 1.54) is 0 Å². The normalized spacial score (nSPS) is 18.4. The van der Waals surface area contributed by atoms with Crippen molar-refractivity contribution >= 4 is 32.8 Å². The van der Waals surface area contributed by atoms with Gasteiger partial charge in [-0.2, -0.15) is 0 Å². The molecule has 1 saturated heterocycles. The Balaban J connectivity index is 1.96. The SMILES string of the molecule is COc1cc(C(=O)N2CCCCC2CCO)cc2oc(Br)cc12. The number of hydrogen-bond acceptors (Lipinski definition) is 4. The summed E-state index contributed by atoms with van der Waals surface area (Å²) in [6, 6.07) is 5.45. The van der Waals surface area contributed by atoms with E-state index in [4.69, 9.17) is 9.15 Å². The Bertz CT molecular complexity index is 710. The lowest BCUT2D eigenvalue weighted by Crippen LogP contribution is -2.44. The van der Waals surface area contributed by atoms with Crippen LogP contribution >= 0.6 is 15.9 Å². The minimum atomic E-state index is -0.0316. The van der Waals surface area contributed by atoms with Crippen LogP contribution in [0.2, 0.25) is 0 Å². The predicted octanol–water partition coefficient (Wildman–Crippen LogP) is 3.58. The first-order valence-electron chi connectivity index (χ1n) is 7.83. The third-order valence-corrected chi connectivity index (χ3v) is 4.78. The fraction of sp³-hybridized carbons (Fsp3) is 0.471. The summed E-state index contributed by atoms with van der Waals surface area (Å²) >= 11 is 3.31. The van der Waals surface area contributed by atoms with Crippen LogP contribution in [0.15, 0.2) is 27.3 Å². The Morgan fingerprint density at radius 2 is 2.26 bits per heavy atom. The molecule has 2 heterocycles. The number of rotatable bonds is 4. The van der Waals surface area contributed by atoms with E-state index in [1.54, 1.807) is 19.2 Å². The van der Waals surface area contributed by atoms with Crippen molar-refractivity contribution in [3.63, 3.8) is 0 Å². The van der Waals surface area contributed by atoms with Gasteiger partial charge in [-0.15, -0.1) is 0 Å². The zero-order valence-electron chi connectivity index (χ0n) is 13.0. The van der Waals surface area contributed by atoms with Crippen molar-refractivity contribution in [2.75, 3.05) is 20.3 Å². The Labute approximate surface area is 143 Å². The fourth-order valence-electron chi connectivity index (χ4n) is 3.25. The number of aliphatic hydroxyl groups excluding tert-OH is 1. The molecule has 0 bridgehead atoms. The molecule has 1 aliphatic rings. The van der Waals surface area contributed by atoms with Gasteiger partial charge in [0.2, 0.25) is 0 Å². The highest BCUT2D eigenvalue weighted by Crippen LogP contribution is 2.33. The van der Waals surface area contributed by atoms with E-state index < -0.39 is 0 Å². The van der Waals surface area contributed by atoms with Crippen molar-refractivity contribution in [3.8, 4) is 5.75 Å². The molecule has 1 amide bonds. The van der Waals surface area contributed by atoms with Gasteiger partial charge in [0, 0.05) is 30.8 Å². The fourth-order valence-corrected chi connectivity index (χ4v) is 3.65. The lowest BCUT2D eigenvalue weighted by molar-refractivity contribution is 0.0574. The average Bonchev–Trinajstić information content (AvgIpc) is 2.94. The summed E-state index contributed by atoms with van der Waals surface area (Å²) in [5.41, 5.74) is 1.18. The molecule has 3 rings (SSSR count). The lowest BCUT2D eigenvalue weighted by atomic mass is 9.98. The Morgan fingerprint density at radius 1 is 1.43 bits per heavy atom. The second-order valence-corrected chi connectivity index (χ2v) is 6.58. The number of hydrogen-bond donors (Lipinski definition) is 1. The summed E-state index contributed by atoms with van der Waals surface area (Å²) in [5, 5.41) is 10.1. The quantitative estimate of drug-likeness (QED) is 0.878. The molecule has 1 atom stereocenters. The second-order valence-electron chi connectivity index (χ2n) is 5.80. The maximum atomic E-state index is 12.9. The van der Waals surface area contributed by atoms with Crippen LogP contribution in [-0.2, 0) is 0 Å². The summed E-state index contributed by atoms with van der Waals surface area (Å²) in [7, 11) is 1.58. The number of halogens is 1. The maximum Gasteiger partial charge on any atom is 0.254 e. The van der Waals surface area contributed by atoms with Gasteiger partial charge < -0.3 is 19.2 Å². The van der Waals surface area contributed by atoms with Gasteiger partial charge in [-0.1, -0.05) is 0 Å². The molecule has 0 aliphatic carbocycles. The summed E-state index contributed by atoms with van der Waals surface area (Å²) in [4.78, 5) is 14.8. The van der Waals surface area contributed by atoms with Crippen molar-refractivity contribution in [2.24, 2.45) is 0 Å². The van der Waals surface area contributed by atoms with Crippen LogP contribution in [0.3, 0.4) is 0 Å². The van der Waals surface area contributed by atoms with E-state index in [2.05, 4.69) is 15.9 Å². The zero-order valence-corrected chi connectivity index (χ0v) is 14.6. The van der Waals surface area contributed by atoms with Crippen LogP contribution in [0.25, 0.3) is 11.0 Å². The van der Waals surface area contributed by atoms with Gasteiger partial charge >= 0.3 is 0 Å². The van der Waals surface area contributed by atoms with Crippen LogP contribution in [-0.4, -0.2) is 42.2 Å². The van der Waals surface area contributed by atoms with Gasteiger partial charge in [-0.25, -0.2) is 0 Å². The third-order valence-electron chi connectivity index (χ3n) is 4.39. The highest BCUT2D eigenvalue weighted by atomic mass is 79.9. The van der Waals surface area contributed by atoms with Gasteiger partial charge in [-0.05, 0) is 53.7 Å².